The molecule has 2 atom stereocenters. The summed E-state index contributed by atoms with van der Waals surface area (Å²) < 4.78 is 5.58. The van der Waals surface area contributed by atoms with Crippen LogP contribution in [-0.2, 0) is 9.53 Å². The second-order valence-electron chi connectivity index (χ2n) is 7.50. The number of nitrogens with one attached hydrogen (secondary N) is 2. The molecule has 4 nitrogen and oxygen atoms in total. The number of hydrogen-bond acceptors (Lipinski definition) is 4. The molecular formula is C18H36N2O2. The van der Waals surface area contributed by atoms with Gasteiger partial charge in [0, 0.05) is 12.6 Å². The number of rotatable bonds is 10. The maximum atomic E-state index is 12.4. The van der Waals surface area contributed by atoms with E-state index in [-0.39, 0.29) is 12.0 Å². The molecule has 1 rings (SSSR count). The van der Waals surface area contributed by atoms with Crippen molar-refractivity contribution in [3.63, 3.8) is 0 Å². The second kappa shape index (κ2) is 10.2. The summed E-state index contributed by atoms with van der Waals surface area (Å²) in [7, 11) is 0. The zero-order valence-corrected chi connectivity index (χ0v) is 15.0. The first kappa shape index (κ1) is 19.4. The Balaban J connectivity index is 2.37. The van der Waals surface area contributed by atoms with Crippen LogP contribution in [0.3, 0.4) is 0 Å². The maximum Gasteiger partial charge on any atom is 0.323 e. The Morgan fingerprint density at radius 2 is 1.91 bits per heavy atom. The molecular weight excluding hydrogens is 276 g/mol. The van der Waals surface area contributed by atoms with Crippen molar-refractivity contribution in [1.82, 2.24) is 10.6 Å². The van der Waals surface area contributed by atoms with Crippen LogP contribution in [0.2, 0.25) is 0 Å². The third-order valence-corrected chi connectivity index (χ3v) is 4.03. The van der Waals surface area contributed by atoms with Crippen molar-refractivity contribution in [2.45, 2.75) is 96.7 Å². The van der Waals surface area contributed by atoms with Crippen molar-refractivity contribution in [3.8, 4) is 0 Å². The molecule has 0 amide bonds. The molecule has 1 aliphatic rings. The lowest BCUT2D eigenvalue weighted by Crippen LogP contribution is -2.46. The summed E-state index contributed by atoms with van der Waals surface area (Å²) in [6.07, 6.45) is 9.48. The molecule has 0 aromatic heterocycles. The summed E-state index contributed by atoms with van der Waals surface area (Å²) in [4.78, 5) is 12.4. The van der Waals surface area contributed by atoms with Crippen molar-refractivity contribution in [1.29, 1.82) is 0 Å². The molecule has 4 heteroatoms. The molecule has 1 heterocycles. The van der Waals surface area contributed by atoms with E-state index < -0.39 is 5.60 Å². The monoisotopic (exact) mass is 312 g/mol. The number of esters is 1. The van der Waals surface area contributed by atoms with Gasteiger partial charge in [-0.2, -0.15) is 0 Å². The van der Waals surface area contributed by atoms with Gasteiger partial charge in [-0.1, -0.05) is 45.4 Å². The Bertz CT molecular complexity index is 307. The van der Waals surface area contributed by atoms with Crippen LogP contribution in [0.5, 0.6) is 0 Å². The minimum absolute atomic E-state index is 0.0899. The summed E-state index contributed by atoms with van der Waals surface area (Å²) >= 11 is 0. The topological polar surface area (TPSA) is 50.4 Å². The van der Waals surface area contributed by atoms with Crippen LogP contribution in [0.1, 0.15) is 79.1 Å². The fourth-order valence-electron chi connectivity index (χ4n) is 2.85. The minimum Gasteiger partial charge on any atom is -0.459 e. The van der Waals surface area contributed by atoms with Crippen LogP contribution in [-0.4, -0.2) is 36.7 Å². The average molecular weight is 312 g/mol. The zero-order valence-electron chi connectivity index (χ0n) is 15.0. The van der Waals surface area contributed by atoms with Crippen LogP contribution in [0.25, 0.3) is 0 Å². The summed E-state index contributed by atoms with van der Waals surface area (Å²) in [6.45, 7) is 10.0. The Hall–Kier alpha value is -0.610. The number of unbranched alkanes of at least 4 members (excludes halogenated alkanes) is 5. The highest BCUT2D eigenvalue weighted by Gasteiger charge is 2.27. The van der Waals surface area contributed by atoms with E-state index in [1.54, 1.807) is 0 Å². The van der Waals surface area contributed by atoms with Crippen molar-refractivity contribution >= 4 is 5.97 Å². The standard InChI is InChI=1S/C18H36N2O2/c1-5-6-7-8-9-10-11-16(17(21)22-18(2,3)4)20-15-12-13-19-14-15/h15-16,19-20H,5-14H2,1-4H3/t15?,16-/m1/s1. The molecule has 1 unspecified atom stereocenters. The van der Waals surface area contributed by atoms with Crippen molar-refractivity contribution < 1.29 is 9.53 Å². The third-order valence-electron chi connectivity index (χ3n) is 4.03. The normalized spacial score (nSPS) is 20.1. The molecule has 0 aromatic rings. The van der Waals surface area contributed by atoms with Gasteiger partial charge in [-0.25, -0.2) is 0 Å². The predicted molar refractivity (Wildman–Crippen MR) is 92.0 cm³/mol. The number of ether oxygens (including phenoxy) is 1. The van der Waals surface area contributed by atoms with Gasteiger partial charge in [-0.3, -0.25) is 4.79 Å². The summed E-state index contributed by atoms with van der Waals surface area (Å²) in [6, 6.07) is 0.243. The van der Waals surface area contributed by atoms with Gasteiger partial charge in [0.15, 0.2) is 0 Å². The van der Waals surface area contributed by atoms with Gasteiger partial charge in [0.05, 0.1) is 0 Å². The molecule has 0 spiro atoms. The van der Waals surface area contributed by atoms with Crippen molar-refractivity contribution in [2.24, 2.45) is 0 Å². The summed E-state index contributed by atoms with van der Waals surface area (Å²) in [5.41, 5.74) is -0.411. The second-order valence-corrected chi connectivity index (χ2v) is 7.50. The molecule has 0 saturated carbocycles. The molecule has 1 aliphatic heterocycles. The molecule has 0 aliphatic carbocycles. The van der Waals surface area contributed by atoms with Crippen molar-refractivity contribution in [2.75, 3.05) is 13.1 Å². The van der Waals surface area contributed by atoms with E-state index in [4.69, 9.17) is 4.74 Å². The SMILES string of the molecule is CCCCCCCC[C@@H](NC1CCNC1)C(=O)OC(C)(C)C. The highest BCUT2D eigenvalue weighted by Crippen LogP contribution is 2.14. The first-order valence-electron chi connectivity index (χ1n) is 9.12. The lowest BCUT2D eigenvalue weighted by molar-refractivity contribution is -0.158. The first-order valence-corrected chi connectivity index (χ1v) is 9.12. The van der Waals surface area contributed by atoms with Gasteiger partial charge in [-0.15, -0.1) is 0 Å². The van der Waals surface area contributed by atoms with Crippen LogP contribution < -0.4 is 10.6 Å². The van der Waals surface area contributed by atoms with Gasteiger partial charge in [-0.05, 0) is 40.2 Å². The fourth-order valence-corrected chi connectivity index (χ4v) is 2.85. The largest absolute Gasteiger partial charge is 0.459 e. The van der Waals surface area contributed by atoms with Gasteiger partial charge >= 0.3 is 5.97 Å². The van der Waals surface area contributed by atoms with Crippen molar-refractivity contribution in [3.05, 3.63) is 0 Å². The van der Waals surface area contributed by atoms with E-state index in [0.717, 1.165) is 32.4 Å². The van der Waals surface area contributed by atoms with Gasteiger partial charge in [0.25, 0.3) is 0 Å². The lowest BCUT2D eigenvalue weighted by atomic mass is 10.0. The highest BCUT2D eigenvalue weighted by atomic mass is 16.6. The first-order chi connectivity index (χ1) is 10.4. The third kappa shape index (κ3) is 8.74. The van der Waals surface area contributed by atoms with E-state index in [0.29, 0.717) is 6.04 Å². The predicted octanol–water partition coefficient (Wildman–Crippen LogP) is 3.40. The molecule has 2 N–H and O–H groups in total. The van der Waals surface area contributed by atoms with E-state index in [9.17, 15) is 4.79 Å². The Kier molecular flexibility index (Phi) is 9.03. The molecule has 1 fully saturated rings. The fraction of sp³-hybridized carbons (Fsp3) is 0.944. The maximum absolute atomic E-state index is 12.4. The number of carbonyl (C=O) groups is 1. The van der Waals surface area contributed by atoms with E-state index >= 15 is 0 Å². The van der Waals surface area contributed by atoms with Gasteiger partial charge < -0.3 is 15.4 Å². The Morgan fingerprint density at radius 1 is 1.23 bits per heavy atom. The smallest absolute Gasteiger partial charge is 0.323 e. The van der Waals surface area contributed by atoms with E-state index in [1.165, 1.54) is 32.1 Å². The quantitative estimate of drug-likeness (QED) is 0.479. The van der Waals surface area contributed by atoms with Crippen LogP contribution in [0.15, 0.2) is 0 Å². The molecule has 1 saturated heterocycles. The Morgan fingerprint density at radius 3 is 2.50 bits per heavy atom. The Labute approximate surface area is 136 Å². The molecule has 0 radical (unpaired) electrons. The van der Waals surface area contributed by atoms with Gasteiger partial charge in [0.1, 0.15) is 11.6 Å². The van der Waals surface area contributed by atoms with E-state index in [2.05, 4.69) is 17.6 Å². The molecule has 130 valence electrons. The zero-order chi connectivity index (χ0) is 16.4. The van der Waals surface area contributed by atoms with Crippen LogP contribution >= 0.6 is 0 Å². The average Bonchev–Trinajstić information content (AvgIpc) is 2.92. The minimum atomic E-state index is -0.411. The van der Waals surface area contributed by atoms with Crippen LogP contribution in [0.4, 0.5) is 0 Å². The lowest BCUT2D eigenvalue weighted by Gasteiger charge is -2.26. The molecule has 0 aromatic carbocycles. The van der Waals surface area contributed by atoms with E-state index in [1.807, 2.05) is 20.8 Å². The highest BCUT2D eigenvalue weighted by molar-refractivity contribution is 5.76. The van der Waals surface area contributed by atoms with Gasteiger partial charge in [0.2, 0.25) is 0 Å². The summed E-state index contributed by atoms with van der Waals surface area (Å²) in [5.74, 6) is -0.0899. The number of carbonyl (C=O) groups excluding carboxylic acids is 1. The summed E-state index contributed by atoms with van der Waals surface area (Å²) in [5, 5.41) is 6.84. The number of hydrogen-bond donors (Lipinski definition) is 2. The molecule has 0 bridgehead atoms. The molecule has 22 heavy (non-hydrogen) atoms. The van der Waals surface area contributed by atoms with Crippen LogP contribution in [0, 0.1) is 0 Å².